The van der Waals surface area contributed by atoms with Crippen molar-refractivity contribution < 1.29 is 23.5 Å². The molecular formula is C41H67FN4O4. The summed E-state index contributed by atoms with van der Waals surface area (Å²) in [5, 5.41) is 3.34. The number of piperidine rings is 1. The predicted octanol–water partition coefficient (Wildman–Crippen LogP) is 5.89. The third-order valence-corrected chi connectivity index (χ3v) is 16.8. The first kappa shape index (κ1) is 35.7. The lowest BCUT2D eigenvalue weighted by Gasteiger charge is -2.61. The van der Waals surface area contributed by atoms with E-state index in [1.807, 2.05) is 4.90 Å². The van der Waals surface area contributed by atoms with Gasteiger partial charge in [-0.05, 0) is 117 Å². The standard InChI is InChI=1S/C41H67FN4O4/c1-27-7-14-41(49-26-27)28(2)38-35(50-41)24-34-32-6-5-29-23-30(8-12-39(29,3)33(32)9-13-40(34,38)4)43-36(47)25-37(48)46-16-10-31(11-17-46)45-21-19-44(18-15-42)20-22-45/h27-35,38H,5-26H2,1-4H3,(H,43,47)/t27-,28-,29+,30?,32+,33?,34-,35-,38-,39-,40-,41+/m0/s1. The molecule has 0 bridgehead atoms. The highest BCUT2D eigenvalue weighted by molar-refractivity contribution is 5.97. The van der Waals surface area contributed by atoms with Crippen LogP contribution in [0.1, 0.15) is 111 Å². The van der Waals surface area contributed by atoms with Crippen molar-refractivity contribution in [3.63, 3.8) is 0 Å². The van der Waals surface area contributed by atoms with Crippen LogP contribution in [-0.4, -0.2) is 110 Å². The van der Waals surface area contributed by atoms with Gasteiger partial charge in [0.25, 0.3) is 0 Å². The van der Waals surface area contributed by atoms with Crippen LogP contribution in [-0.2, 0) is 19.1 Å². The maximum atomic E-state index is 13.2. The van der Waals surface area contributed by atoms with Crippen LogP contribution in [0.25, 0.3) is 0 Å². The molecule has 8 fully saturated rings. The summed E-state index contributed by atoms with van der Waals surface area (Å²) in [6, 6.07) is 0.678. The number of hydrogen-bond donors (Lipinski definition) is 1. The molecule has 4 heterocycles. The second-order valence-corrected chi connectivity index (χ2v) is 19.1. The quantitative estimate of drug-likeness (QED) is 0.349. The minimum Gasteiger partial charge on any atom is -0.353 e. The highest BCUT2D eigenvalue weighted by atomic mass is 19.1. The van der Waals surface area contributed by atoms with E-state index < -0.39 is 0 Å². The van der Waals surface area contributed by atoms with Gasteiger partial charge in [0, 0.05) is 70.2 Å². The van der Waals surface area contributed by atoms with Crippen LogP contribution in [0.4, 0.5) is 4.39 Å². The van der Waals surface area contributed by atoms with Gasteiger partial charge in [-0.2, -0.15) is 0 Å². The van der Waals surface area contributed by atoms with E-state index in [1.54, 1.807) is 0 Å². The molecule has 4 saturated carbocycles. The summed E-state index contributed by atoms with van der Waals surface area (Å²) in [5.41, 5.74) is 0.698. The molecule has 1 N–H and O–H groups in total. The second kappa shape index (κ2) is 13.8. The summed E-state index contributed by atoms with van der Waals surface area (Å²) in [7, 11) is 0. The number of halogens is 1. The Morgan fingerprint density at radius 1 is 0.840 bits per heavy atom. The Morgan fingerprint density at radius 3 is 2.32 bits per heavy atom. The van der Waals surface area contributed by atoms with Crippen LogP contribution in [0, 0.1) is 52.3 Å². The summed E-state index contributed by atoms with van der Waals surface area (Å²) >= 11 is 0. The van der Waals surface area contributed by atoms with Gasteiger partial charge in [-0.15, -0.1) is 0 Å². The van der Waals surface area contributed by atoms with Crippen molar-refractivity contribution in [2.75, 3.05) is 59.1 Å². The number of carbonyl (C=O) groups is 2. The van der Waals surface area contributed by atoms with Gasteiger partial charge in [0.05, 0.1) is 12.7 Å². The number of likely N-dealkylation sites (tertiary alicyclic amines) is 1. The number of nitrogens with zero attached hydrogens (tertiary/aromatic N) is 3. The van der Waals surface area contributed by atoms with Gasteiger partial charge in [0.1, 0.15) is 13.1 Å². The number of rotatable bonds is 6. The molecule has 2 unspecified atom stereocenters. The molecule has 2 amide bonds. The summed E-state index contributed by atoms with van der Waals surface area (Å²) < 4.78 is 26.3. The van der Waals surface area contributed by atoms with E-state index in [2.05, 4.69) is 42.8 Å². The normalized spacial score (nSPS) is 47.0. The molecule has 0 aromatic heterocycles. The largest absolute Gasteiger partial charge is 0.353 e. The summed E-state index contributed by atoms with van der Waals surface area (Å²) in [6.07, 6.45) is 14.3. The van der Waals surface area contributed by atoms with E-state index in [-0.39, 0.29) is 36.7 Å². The molecule has 4 aliphatic carbocycles. The third-order valence-electron chi connectivity index (χ3n) is 16.8. The summed E-state index contributed by atoms with van der Waals surface area (Å²) in [4.78, 5) is 33.0. The Balaban J connectivity index is 0.812. The topological polar surface area (TPSA) is 74.3 Å². The highest BCUT2D eigenvalue weighted by Gasteiger charge is 2.69. The molecule has 4 aliphatic heterocycles. The number of nitrogens with one attached hydrogen (secondary N) is 1. The number of amides is 2. The molecule has 9 heteroatoms. The minimum atomic E-state index is -0.338. The summed E-state index contributed by atoms with van der Waals surface area (Å²) in [5.74, 6) is 4.25. The molecule has 50 heavy (non-hydrogen) atoms. The van der Waals surface area contributed by atoms with Gasteiger partial charge in [-0.3, -0.25) is 19.4 Å². The van der Waals surface area contributed by atoms with E-state index in [4.69, 9.17) is 9.47 Å². The van der Waals surface area contributed by atoms with Crippen LogP contribution in [0.15, 0.2) is 0 Å². The Bertz CT molecular complexity index is 1240. The average Bonchev–Trinajstić information content (AvgIpc) is 3.56. The molecule has 12 atom stereocenters. The van der Waals surface area contributed by atoms with Crippen molar-refractivity contribution in [2.45, 2.75) is 135 Å². The van der Waals surface area contributed by atoms with E-state index in [0.29, 0.717) is 53.2 Å². The van der Waals surface area contributed by atoms with Crippen molar-refractivity contribution >= 4 is 11.8 Å². The predicted molar refractivity (Wildman–Crippen MR) is 192 cm³/mol. The Kier molecular flexibility index (Phi) is 9.89. The number of fused-ring (bicyclic) bond motifs is 7. The van der Waals surface area contributed by atoms with Gasteiger partial charge in [0.2, 0.25) is 11.8 Å². The molecule has 8 rings (SSSR count). The molecule has 0 radical (unpaired) electrons. The third kappa shape index (κ3) is 6.18. The minimum absolute atomic E-state index is 0.0183. The molecule has 8 aliphatic rings. The number of carbonyl (C=O) groups excluding carboxylic acids is 2. The van der Waals surface area contributed by atoms with Gasteiger partial charge in [-0.25, -0.2) is 4.39 Å². The lowest BCUT2D eigenvalue weighted by Crippen LogP contribution is -2.56. The Labute approximate surface area is 301 Å². The fourth-order valence-electron chi connectivity index (χ4n) is 13.9. The van der Waals surface area contributed by atoms with Gasteiger partial charge >= 0.3 is 0 Å². The zero-order valence-electron chi connectivity index (χ0n) is 31.7. The number of ether oxygens (including phenoxy) is 2. The van der Waals surface area contributed by atoms with E-state index >= 15 is 0 Å². The molecule has 282 valence electrons. The molecule has 4 saturated heterocycles. The Morgan fingerprint density at radius 2 is 1.60 bits per heavy atom. The molecular weight excluding hydrogens is 631 g/mol. The molecule has 0 aromatic carbocycles. The summed E-state index contributed by atoms with van der Waals surface area (Å²) in [6.45, 7) is 16.4. The zero-order valence-corrected chi connectivity index (χ0v) is 31.7. The number of hydrogen-bond acceptors (Lipinski definition) is 6. The van der Waals surface area contributed by atoms with Crippen LogP contribution < -0.4 is 5.32 Å². The van der Waals surface area contributed by atoms with Crippen LogP contribution in [0.5, 0.6) is 0 Å². The first-order valence-electron chi connectivity index (χ1n) is 20.9. The van der Waals surface area contributed by atoms with Crippen molar-refractivity contribution in [3.8, 4) is 0 Å². The molecule has 1 spiro atoms. The highest BCUT2D eigenvalue weighted by Crippen LogP contribution is 2.71. The van der Waals surface area contributed by atoms with Crippen molar-refractivity contribution in [1.29, 1.82) is 0 Å². The monoisotopic (exact) mass is 699 g/mol. The second-order valence-electron chi connectivity index (χ2n) is 19.1. The SMILES string of the molecule is C[C@H]1CC[C@@]2(OC1)O[C@H]1C[C@H]3[C@@H]4CC[C@@H]5CC(NC(=O)CC(=O)N6CCC(N7CCN(CCF)CC7)CC6)CC[C@]5(C)C4CC[C@]3(C)[C@H]1[C@@H]2C. The van der Waals surface area contributed by atoms with Crippen molar-refractivity contribution in [2.24, 2.45) is 52.3 Å². The lowest BCUT2D eigenvalue weighted by molar-refractivity contribution is -0.273. The maximum Gasteiger partial charge on any atom is 0.232 e. The van der Waals surface area contributed by atoms with Crippen LogP contribution in [0.3, 0.4) is 0 Å². The average molecular weight is 699 g/mol. The van der Waals surface area contributed by atoms with Gasteiger partial charge in [0.15, 0.2) is 5.79 Å². The Hall–Kier alpha value is -1.29. The molecule has 0 aromatic rings. The fourth-order valence-corrected chi connectivity index (χ4v) is 13.9. The fraction of sp³-hybridized carbons (Fsp3) is 0.951. The number of alkyl halides is 1. The van der Waals surface area contributed by atoms with Gasteiger partial charge < -0.3 is 19.7 Å². The van der Waals surface area contributed by atoms with Crippen LogP contribution in [0.2, 0.25) is 0 Å². The smallest absolute Gasteiger partial charge is 0.232 e. The first-order valence-corrected chi connectivity index (χ1v) is 20.9. The van der Waals surface area contributed by atoms with Gasteiger partial charge in [-0.1, -0.05) is 27.7 Å². The van der Waals surface area contributed by atoms with E-state index in [9.17, 15) is 14.0 Å². The van der Waals surface area contributed by atoms with E-state index in [1.165, 1.54) is 44.9 Å². The zero-order chi connectivity index (χ0) is 34.8. The lowest BCUT2D eigenvalue weighted by atomic mass is 9.44. The maximum absolute atomic E-state index is 13.2. The number of piperazine rings is 1. The van der Waals surface area contributed by atoms with Crippen molar-refractivity contribution in [3.05, 3.63) is 0 Å². The van der Waals surface area contributed by atoms with Crippen molar-refractivity contribution in [1.82, 2.24) is 20.0 Å². The van der Waals surface area contributed by atoms with Crippen LogP contribution >= 0.6 is 0 Å². The first-order chi connectivity index (χ1) is 24.0. The molecule has 8 nitrogen and oxygen atoms in total. The van der Waals surface area contributed by atoms with E-state index in [0.717, 1.165) is 95.7 Å².